The van der Waals surface area contributed by atoms with Crippen molar-refractivity contribution in [2.75, 3.05) is 0 Å². The number of fused-ring (bicyclic) bond motifs is 1. The molecule has 1 aliphatic carbocycles. The first-order valence-corrected chi connectivity index (χ1v) is 4.76. The number of hydrogen-bond donors (Lipinski definition) is 0. The Morgan fingerprint density at radius 1 is 1.46 bits per heavy atom. The second-order valence-electron chi connectivity index (χ2n) is 3.86. The molecule has 66 valence electrons. The molecule has 1 aliphatic rings. The van der Waals surface area contributed by atoms with Gasteiger partial charge in [0, 0.05) is 0 Å². The Morgan fingerprint density at radius 2 is 2.23 bits per heavy atom. The number of hydrogen-bond acceptors (Lipinski definition) is 1. The Hall–Kier alpha value is -1.29. The Kier molecular flexibility index (Phi) is 1.84. The standard InChI is InChI=1S/C12H13N/c1-8-3-5-12-9(2)10(7-13)4-6-11(8)12/h4,6,8H,3,5H2,1-2H3/t8-/m0/s1. The van der Waals surface area contributed by atoms with Gasteiger partial charge in [0.2, 0.25) is 0 Å². The maximum atomic E-state index is 8.87. The lowest BCUT2D eigenvalue weighted by Gasteiger charge is -2.07. The first kappa shape index (κ1) is 8.31. The van der Waals surface area contributed by atoms with Crippen molar-refractivity contribution in [3.05, 3.63) is 34.4 Å². The molecule has 0 heterocycles. The van der Waals surface area contributed by atoms with E-state index in [1.807, 2.05) is 6.07 Å². The van der Waals surface area contributed by atoms with E-state index in [4.69, 9.17) is 5.26 Å². The highest BCUT2D eigenvalue weighted by Crippen LogP contribution is 2.35. The molecule has 0 spiro atoms. The molecule has 1 nitrogen and oxygen atoms in total. The van der Waals surface area contributed by atoms with E-state index in [9.17, 15) is 0 Å². The largest absolute Gasteiger partial charge is 0.192 e. The summed E-state index contributed by atoms with van der Waals surface area (Å²) in [5.74, 6) is 0.682. The third kappa shape index (κ3) is 1.14. The van der Waals surface area contributed by atoms with Gasteiger partial charge in [0.1, 0.15) is 0 Å². The molecule has 0 aliphatic heterocycles. The monoisotopic (exact) mass is 171 g/mol. The molecule has 0 N–H and O–H groups in total. The zero-order valence-electron chi connectivity index (χ0n) is 8.09. The van der Waals surface area contributed by atoms with Crippen molar-refractivity contribution in [1.29, 1.82) is 5.26 Å². The SMILES string of the molecule is Cc1c(C#N)ccc2c1CC[C@@H]2C. The fraction of sp³-hybridized carbons (Fsp3) is 0.417. The second-order valence-corrected chi connectivity index (χ2v) is 3.86. The second kappa shape index (κ2) is 2.88. The third-order valence-corrected chi connectivity index (χ3v) is 3.11. The Balaban J connectivity index is 2.62. The van der Waals surface area contributed by atoms with Crippen LogP contribution in [-0.4, -0.2) is 0 Å². The Labute approximate surface area is 79.0 Å². The first-order chi connectivity index (χ1) is 6.24. The molecule has 1 heteroatoms. The first-order valence-electron chi connectivity index (χ1n) is 4.76. The summed E-state index contributed by atoms with van der Waals surface area (Å²) >= 11 is 0. The van der Waals surface area contributed by atoms with Crippen LogP contribution in [0.1, 0.15) is 41.5 Å². The molecule has 0 saturated heterocycles. The smallest absolute Gasteiger partial charge is 0.0994 e. The van der Waals surface area contributed by atoms with E-state index in [1.54, 1.807) is 0 Å². The van der Waals surface area contributed by atoms with Gasteiger partial charge in [-0.15, -0.1) is 0 Å². The summed E-state index contributed by atoms with van der Waals surface area (Å²) in [5.41, 5.74) is 4.92. The van der Waals surface area contributed by atoms with Gasteiger partial charge in [-0.3, -0.25) is 0 Å². The quantitative estimate of drug-likeness (QED) is 0.588. The fourth-order valence-electron chi connectivity index (χ4n) is 2.21. The van der Waals surface area contributed by atoms with Crippen molar-refractivity contribution in [1.82, 2.24) is 0 Å². The van der Waals surface area contributed by atoms with Crippen LogP contribution in [0, 0.1) is 18.3 Å². The van der Waals surface area contributed by atoms with E-state index in [2.05, 4.69) is 26.0 Å². The topological polar surface area (TPSA) is 23.8 Å². The van der Waals surface area contributed by atoms with Gasteiger partial charge in [0.25, 0.3) is 0 Å². The molecule has 0 radical (unpaired) electrons. The Morgan fingerprint density at radius 3 is 2.92 bits per heavy atom. The molecule has 2 rings (SSSR count). The number of rotatable bonds is 0. The minimum Gasteiger partial charge on any atom is -0.192 e. The van der Waals surface area contributed by atoms with Crippen LogP contribution < -0.4 is 0 Å². The van der Waals surface area contributed by atoms with Gasteiger partial charge in [-0.1, -0.05) is 13.0 Å². The summed E-state index contributed by atoms with van der Waals surface area (Å²) in [5, 5.41) is 8.87. The van der Waals surface area contributed by atoms with E-state index in [-0.39, 0.29) is 0 Å². The summed E-state index contributed by atoms with van der Waals surface area (Å²) in [4.78, 5) is 0. The van der Waals surface area contributed by atoms with Crippen LogP contribution in [0.3, 0.4) is 0 Å². The van der Waals surface area contributed by atoms with Crippen LogP contribution in [0.15, 0.2) is 12.1 Å². The van der Waals surface area contributed by atoms with Crippen molar-refractivity contribution >= 4 is 0 Å². The highest BCUT2D eigenvalue weighted by atomic mass is 14.3. The molecular weight excluding hydrogens is 158 g/mol. The van der Waals surface area contributed by atoms with Gasteiger partial charge in [-0.2, -0.15) is 5.26 Å². The lowest BCUT2D eigenvalue weighted by Crippen LogP contribution is -1.92. The van der Waals surface area contributed by atoms with Crippen molar-refractivity contribution in [3.63, 3.8) is 0 Å². The molecule has 0 bridgehead atoms. The average Bonchev–Trinajstić information content (AvgIpc) is 2.50. The number of nitrogens with zero attached hydrogens (tertiary/aromatic N) is 1. The molecule has 1 aromatic rings. The third-order valence-electron chi connectivity index (χ3n) is 3.11. The van der Waals surface area contributed by atoms with Gasteiger partial charge in [-0.25, -0.2) is 0 Å². The number of benzene rings is 1. The summed E-state index contributed by atoms with van der Waals surface area (Å²) in [7, 11) is 0. The summed E-state index contributed by atoms with van der Waals surface area (Å²) in [6, 6.07) is 6.32. The van der Waals surface area contributed by atoms with Gasteiger partial charge in [0.05, 0.1) is 11.6 Å². The van der Waals surface area contributed by atoms with Gasteiger partial charge < -0.3 is 0 Å². The van der Waals surface area contributed by atoms with Gasteiger partial charge in [-0.05, 0) is 48.4 Å². The highest BCUT2D eigenvalue weighted by molar-refractivity contribution is 5.49. The normalized spacial score (nSPS) is 19.6. The van der Waals surface area contributed by atoms with Gasteiger partial charge in [0.15, 0.2) is 0 Å². The lowest BCUT2D eigenvalue weighted by molar-refractivity contribution is 0.747. The van der Waals surface area contributed by atoms with E-state index in [0.717, 1.165) is 12.0 Å². The molecule has 1 atom stereocenters. The van der Waals surface area contributed by atoms with Gasteiger partial charge >= 0.3 is 0 Å². The van der Waals surface area contributed by atoms with Crippen LogP contribution in [0.25, 0.3) is 0 Å². The van der Waals surface area contributed by atoms with Crippen molar-refractivity contribution in [2.45, 2.75) is 32.6 Å². The predicted octanol–water partition coefficient (Wildman–Crippen LogP) is 2.92. The maximum absolute atomic E-state index is 8.87. The van der Waals surface area contributed by atoms with E-state index >= 15 is 0 Å². The van der Waals surface area contributed by atoms with Crippen molar-refractivity contribution in [2.24, 2.45) is 0 Å². The molecule has 1 aromatic carbocycles. The van der Waals surface area contributed by atoms with Crippen molar-refractivity contribution < 1.29 is 0 Å². The fourth-order valence-corrected chi connectivity index (χ4v) is 2.21. The van der Waals surface area contributed by atoms with Crippen LogP contribution >= 0.6 is 0 Å². The zero-order valence-corrected chi connectivity index (χ0v) is 8.09. The van der Waals surface area contributed by atoms with Crippen LogP contribution in [-0.2, 0) is 6.42 Å². The van der Waals surface area contributed by atoms with Crippen LogP contribution in [0.2, 0.25) is 0 Å². The predicted molar refractivity (Wildman–Crippen MR) is 52.6 cm³/mol. The van der Waals surface area contributed by atoms with Crippen LogP contribution in [0.5, 0.6) is 0 Å². The molecule has 0 aromatic heterocycles. The minimum atomic E-state index is 0.682. The zero-order chi connectivity index (χ0) is 9.42. The summed E-state index contributed by atoms with van der Waals surface area (Å²) in [6.07, 6.45) is 2.39. The van der Waals surface area contributed by atoms with E-state index < -0.39 is 0 Å². The molecule has 0 saturated carbocycles. The van der Waals surface area contributed by atoms with E-state index in [0.29, 0.717) is 5.92 Å². The molecular formula is C12H13N. The lowest BCUT2D eigenvalue weighted by atomic mass is 9.97. The molecule has 0 unspecified atom stereocenters. The molecule has 0 amide bonds. The van der Waals surface area contributed by atoms with E-state index in [1.165, 1.54) is 23.1 Å². The Bertz CT molecular complexity index is 385. The summed E-state index contributed by atoms with van der Waals surface area (Å²) in [6.45, 7) is 4.33. The molecule has 0 fully saturated rings. The number of nitriles is 1. The van der Waals surface area contributed by atoms with Crippen molar-refractivity contribution in [3.8, 4) is 6.07 Å². The highest BCUT2D eigenvalue weighted by Gasteiger charge is 2.20. The summed E-state index contributed by atoms with van der Waals surface area (Å²) < 4.78 is 0. The average molecular weight is 171 g/mol. The molecule has 13 heavy (non-hydrogen) atoms. The van der Waals surface area contributed by atoms with Crippen LogP contribution in [0.4, 0.5) is 0 Å². The minimum absolute atomic E-state index is 0.682. The maximum Gasteiger partial charge on any atom is 0.0994 e.